The van der Waals surface area contributed by atoms with Gasteiger partial charge in [-0.25, -0.2) is 0 Å². The van der Waals surface area contributed by atoms with Crippen LogP contribution in [-0.4, -0.2) is 11.2 Å². The molecule has 0 aromatic rings. The predicted octanol–water partition coefficient (Wildman–Crippen LogP) is 3.45. The van der Waals surface area contributed by atoms with E-state index < -0.39 is 0 Å². The molecule has 0 saturated heterocycles. The minimum atomic E-state index is -0.110. The van der Waals surface area contributed by atoms with E-state index in [1.165, 1.54) is 12.8 Å². The van der Waals surface area contributed by atoms with Crippen LogP contribution in [0.15, 0.2) is 24.8 Å². The minimum Gasteiger partial charge on any atom is -0.393 e. The molecule has 0 saturated carbocycles. The molecule has 0 rings (SSSR count). The van der Waals surface area contributed by atoms with Gasteiger partial charge in [0.2, 0.25) is 0 Å². The van der Waals surface area contributed by atoms with Crippen molar-refractivity contribution in [1.29, 1.82) is 0 Å². The van der Waals surface area contributed by atoms with Gasteiger partial charge in [0.1, 0.15) is 0 Å². The van der Waals surface area contributed by atoms with Gasteiger partial charge >= 0.3 is 0 Å². The van der Waals surface area contributed by atoms with Gasteiger partial charge in [0.25, 0.3) is 0 Å². The van der Waals surface area contributed by atoms with Crippen LogP contribution in [0.3, 0.4) is 0 Å². The highest BCUT2D eigenvalue weighted by atomic mass is 16.3. The average Bonchev–Trinajstić information content (AvgIpc) is 2.13. The molecule has 1 N–H and O–H groups in total. The maximum atomic E-state index is 9.52. The normalized spacial score (nSPS) is 13.4. The van der Waals surface area contributed by atoms with Gasteiger partial charge in [-0.2, -0.15) is 0 Å². The van der Waals surface area contributed by atoms with Gasteiger partial charge in [-0.05, 0) is 19.3 Å². The fourth-order valence-corrected chi connectivity index (χ4v) is 1.26. The van der Waals surface area contributed by atoms with Gasteiger partial charge in [0, 0.05) is 0 Å². The van der Waals surface area contributed by atoms with E-state index in [0.29, 0.717) is 0 Å². The second-order valence-electron chi connectivity index (χ2n) is 3.39. The topological polar surface area (TPSA) is 20.2 Å². The van der Waals surface area contributed by atoms with Crippen molar-refractivity contribution < 1.29 is 5.11 Å². The molecule has 1 atom stereocenters. The van der Waals surface area contributed by atoms with Crippen LogP contribution in [-0.2, 0) is 0 Å². The largest absolute Gasteiger partial charge is 0.393 e. The van der Waals surface area contributed by atoms with Gasteiger partial charge in [0.05, 0.1) is 6.10 Å². The number of aliphatic hydroxyl groups excluding tert-OH is 1. The molecule has 1 unspecified atom stereocenters. The number of allylic oxidation sites excluding steroid dienone is 3. The lowest BCUT2D eigenvalue weighted by Crippen LogP contribution is -2.05. The van der Waals surface area contributed by atoms with E-state index in [9.17, 15) is 5.11 Å². The van der Waals surface area contributed by atoms with Crippen molar-refractivity contribution in [2.75, 3.05) is 0 Å². The Balaban J connectivity index is 3.24. The van der Waals surface area contributed by atoms with Crippen LogP contribution >= 0.6 is 0 Å². The first kappa shape index (κ1) is 12.4. The monoisotopic (exact) mass is 182 g/mol. The molecule has 0 radical (unpaired) electrons. The predicted molar refractivity (Wildman–Crippen MR) is 58.7 cm³/mol. The molecule has 0 fully saturated rings. The summed E-state index contributed by atoms with van der Waals surface area (Å²) in [6, 6.07) is 0. The van der Waals surface area contributed by atoms with Crippen LogP contribution in [0.4, 0.5) is 0 Å². The Morgan fingerprint density at radius 2 is 2.08 bits per heavy atom. The molecular weight excluding hydrogens is 160 g/mol. The molecule has 1 nitrogen and oxygen atoms in total. The molecule has 0 aromatic heterocycles. The van der Waals surface area contributed by atoms with Crippen LogP contribution < -0.4 is 0 Å². The highest BCUT2D eigenvalue weighted by Crippen LogP contribution is 2.08. The zero-order chi connectivity index (χ0) is 9.94. The number of aliphatic hydroxyl groups is 1. The standard InChI is InChI=1S/C12H22O/c1-3-5-7-9-11-12(13)10-8-6-4-2/h3,5,7,12-13H,1,4,6,8-11H2,2H3. The van der Waals surface area contributed by atoms with Crippen molar-refractivity contribution in [3.8, 4) is 0 Å². The molecule has 0 aliphatic carbocycles. The lowest BCUT2D eigenvalue weighted by Gasteiger charge is -2.07. The van der Waals surface area contributed by atoms with E-state index in [1.54, 1.807) is 6.08 Å². The van der Waals surface area contributed by atoms with E-state index >= 15 is 0 Å². The first-order chi connectivity index (χ1) is 6.31. The molecule has 0 aliphatic rings. The first-order valence-electron chi connectivity index (χ1n) is 5.26. The summed E-state index contributed by atoms with van der Waals surface area (Å²) in [5.41, 5.74) is 0. The van der Waals surface area contributed by atoms with Crippen molar-refractivity contribution in [3.05, 3.63) is 24.8 Å². The van der Waals surface area contributed by atoms with E-state index in [1.807, 2.05) is 6.08 Å². The number of hydrogen-bond donors (Lipinski definition) is 1. The number of unbranched alkanes of at least 4 members (excludes halogenated alkanes) is 2. The van der Waals surface area contributed by atoms with Crippen molar-refractivity contribution in [2.45, 2.75) is 51.6 Å². The third-order valence-electron chi connectivity index (χ3n) is 2.08. The molecule has 0 spiro atoms. The lowest BCUT2D eigenvalue weighted by atomic mass is 10.1. The Kier molecular flexibility index (Phi) is 9.12. The number of hydrogen-bond acceptors (Lipinski definition) is 1. The highest BCUT2D eigenvalue weighted by Gasteiger charge is 2.00. The molecule has 0 bridgehead atoms. The van der Waals surface area contributed by atoms with E-state index in [0.717, 1.165) is 25.7 Å². The maximum Gasteiger partial charge on any atom is 0.0543 e. The molecule has 76 valence electrons. The van der Waals surface area contributed by atoms with Crippen molar-refractivity contribution in [3.63, 3.8) is 0 Å². The number of rotatable bonds is 8. The summed E-state index contributed by atoms with van der Waals surface area (Å²) in [4.78, 5) is 0. The van der Waals surface area contributed by atoms with Gasteiger partial charge in [-0.15, -0.1) is 0 Å². The summed E-state index contributed by atoms with van der Waals surface area (Å²) in [6.45, 7) is 5.77. The summed E-state index contributed by atoms with van der Waals surface area (Å²) >= 11 is 0. The Hall–Kier alpha value is -0.560. The minimum absolute atomic E-state index is 0.110. The summed E-state index contributed by atoms with van der Waals surface area (Å²) in [6.07, 6.45) is 12.0. The van der Waals surface area contributed by atoms with E-state index in [4.69, 9.17) is 0 Å². The third-order valence-corrected chi connectivity index (χ3v) is 2.08. The van der Waals surface area contributed by atoms with Crippen LogP contribution in [0.1, 0.15) is 45.4 Å². The van der Waals surface area contributed by atoms with Gasteiger partial charge in [0.15, 0.2) is 0 Å². The summed E-state index contributed by atoms with van der Waals surface area (Å²) in [5, 5.41) is 9.52. The molecule has 0 aromatic carbocycles. The second-order valence-corrected chi connectivity index (χ2v) is 3.39. The summed E-state index contributed by atoms with van der Waals surface area (Å²) in [5.74, 6) is 0. The quantitative estimate of drug-likeness (QED) is 0.450. The van der Waals surface area contributed by atoms with Crippen molar-refractivity contribution in [1.82, 2.24) is 0 Å². The van der Waals surface area contributed by atoms with Gasteiger partial charge in [-0.1, -0.05) is 51.0 Å². The first-order valence-corrected chi connectivity index (χ1v) is 5.26. The van der Waals surface area contributed by atoms with Crippen molar-refractivity contribution >= 4 is 0 Å². The molecule has 13 heavy (non-hydrogen) atoms. The smallest absolute Gasteiger partial charge is 0.0543 e. The van der Waals surface area contributed by atoms with Crippen molar-refractivity contribution in [2.24, 2.45) is 0 Å². The average molecular weight is 182 g/mol. The highest BCUT2D eigenvalue weighted by molar-refractivity contribution is 4.96. The van der Waals surface area contributed by atoms with E-state index in [-0.39, 0.29) is 6.10 Å². The molecule has 0 amide bonds. The zero-order valence-electron chi connectivity index (χ0n) is 8.71. The van der Waals surface area contributed by atoms with Gasteiger partial charge < -0.3 is 5.11 Å². The molecule has 1 heteroatoms. The Labute approximate surface area is 82.2 Å². The molecular formula is C12H22O. The second kappa shape index (κ2) is 9.53. The van der Waals surface area contributed by atoms with Crippen LogP contribution in [0, 0.1) is 0 Å². The molecule has 0 aliphatic heterocycles. The Morgan fingerprint density at radius 3 is 2.69 bits per heavy atom. The fourth-order valence-electron chi connectivity index (χ4n) is 1.26. The lowest BCUT2D eigenvalue weighted by molar-refractivity contribution is 0.152. The summed E-state index contributed by atoms with van der Waals surface area (Å²) in [7, 11) is 0. The molecule has 0 heterocycles. The Morgan fingerprint density at radius 1 is 1.31 bits per heavy atom. The fraction of sp³-hybridized carbons (Fsp3) is 0.667. The Bertz CT molecular complexity index is 138. The zero-order valence-corrected chi connectivity index (χ0v) is 8.71. The third kappa shape index (κ3) is 9.35. The van der Waals surface area contributed by atoms with E-state index in [2.05, 4.69) is 19.6 Å². The van der Waals surface area contributed by atoms with Gasteiger partial charge in [-0.3, -0.25) is 0 Å². The summed E-state index contributed by atoms with van der Waals surface area (Å²) < 4.78 is 0. The van der Waals surface area contributed by atoms with Crippen LogP contribution in [0.25, 0.3) is 0 Å². The van der Waals surface area contributed by atoms with Crippen LogP contribution in [0.5, 0.6) is 0 Å². The SMILES string of the molecule is C=CC=CCCC(O)CCCCC. The van der Waals surface area contributed by atoms with Crippen LogP contribution in [0.2, 0.25) is 0 Å². The maximum absolute atomic E-state index is 9.52.